The topological polar surface area (TPSA) is 94.6 Å². The maximum absolute atomic E-state index is 12.2. The predicted molar refractivity (Wildman–Crippen MR) is 120 cm³/mol. The number of para-hydroxylation sites is 1. The molecule has 0 aliphatic carbocycles. The Labute approximate surface area is 183 Å². The van der Waals surface area contributed by atoms with Crippen LogP contribution < -0.4 is 5.32 Å². The lowest BCUT2D eigenvalue weighted by Crippen LogP contribution is -2.20. The number of carbonyl (C=O) groups is 3. The number of benzene rings is 1. The van der Waals surface area contributed by atoms with Gasteiger partial charge in [0.05, 0.1) is 17.7 Å². The fraction of sp³-hybridized carbons (Fsp3) is 0.217. The minimum atomic E-state index is -0.658. The smallest absolute Gasteiger partial charge is 0.341 e. The Morgan fingerprint density at radius 1 is 1.13 bits per heavy atom. The molecule has 0 fully saturated rings. The number of aromatic nitrogens is 1. The van der Waals surface area contributed by atoms with Crippen molar-refractivity contribution in [2.75, 3.05) is 18.5 Å². The summed E-state index contributed by atoms with van der Waals surface area (Å²) in [6, 6.07) is 11.1. The average molecular weight is 439 g/mol. The van der Waals surface area contributed by atoms with E-state index in [4.69, 9.17) is 9.47 Å². The molecule has 2 aromatic heterocycles. The molecule has 31 heavy (non-hydrogen) atoms. The molecule has 8 heteroatoms. The molecule has 3 rings (SSSR count). The van der Waals surface area contributed by atoms with Crippen molar-refractivity contribution in [2.24, 2.45) is 0 Å². The van der Waals surface area contributed by atoms with Gasteiger partial charge < -0.3 is 14.8 Å². The largest absolute Gasteiger partial charge is 0.462 e. The van der Waals surface area contributed by atoms with Crippen molar-refractivity contribution in [3.63, 3.8) is 0 Å². The van der Waals surface area contributed by atoms with Crippen LogP contribution in [0.4, 0.5) is 5.00 Å². The third kappa shape index (κ3) is 5.76. The van der Waals surface area contributed by atoms with Crippen LogP contribution in [-0.4, -0.2) is 36.0 Å². The summed E-state index contributed by atoms with van der Waals surface area (Å²) in [6.07, 6.45) is 5.25. The Balaban J connectivity index is 1.59. The van der Waals surface area contributed by atoms with Crippen molar-refractivity contribution >= 4 is 51.2 Å². The molecule has 1 amide bonds. The monoisotopic (exact) mass is 438 g/mol. The lowest BCUT2D eigenvalue weighted by Gasteiger charge is -2.06. The van der Waals surface area contributed by atoms with E-state index < -0.39 is 24.5 Å². The third-order valence-corrected chi connectivity index (χ3v) is 5.48. The number of thiophene rings is 1. The lowest BCUT2D eigenvalue weighted by atomic mass is 10.1. The fourth-order valence-corrected chi connectivity index (χ4v) is 3.84. The molecular formula is C23H22N2O5S. The summed E-state index contributed by atoms with van der Waals surface area (Å²) in [6.45, 7) is 3.43. The molecule has 160 valence electrons. The Hall–Kier alpha value is -3.52. The van der Waals surface area contributed by atoms with Crippen LogP contribution in [0.1, 0.15) is 34.6 Å². The number of amides is 1. The number of carbonyl (C=O) groups excluding carboxylic acids is 3. The van der Waals surface area contributed by atoms with E-state index in [1.165, 1.54) is 17.4 Å². The van der Waals surface area contributed by atoms with Crippen LogP contribution in [0.2, 0.25) is 0 Å². The summed E-state index contributed by atoms with van der Waals surface area (Å²) >= 11 is 1.29. The number of hydrogen-bond donors (Lipinski definition) is 1. The molecule has 7 nitrogen and oxygen atoms in total. The van der Waals surface area contributed by atoms with Crippen molar-refractivity contribution in [1.82, 2.24) is 4.98 Å². The minimum Gasteiger partial charge on any atom is -0.462 e. The Kier molecular flexibility index (Phi) is 7.50. The van der Waals surface area contributed by atoms with Crippen LogP contribution in [-0.2, 0) is 25.5 Å². The number of esters is 2. The minimum absolute atomic E-state index is 0.236. The summed E-state index contributed by atoms with van der Waals surface area (Å²) < 4.78 is 10.0. The number of anilines is 1. The van der Waals surface area contributed by atoms with Gasteiger partial charge >= 0.3 is 11.9 Å². The summed E-state index contributed by atoms with van der Waals surface area (Å²) in [7, 11) is 0. The first-order valence-corrected chi connectivity index (χ1v) is 10.6. The number of rotatable bonds is 8. The van der Waals surface area contributed by atoms with Crippen molar-refractivity contribution in [3.05, 3.63) is 64.7 Å². The number of fused-ring (bicyclic) bond motifs is 1. The number of pyridine rings is 1. The molecule has 1 aromatic carbocycles. The zero-order valence-corrected chi connectivity index (χ0v) is 18.0. The second-order valence-corrected chi connectivity index (χ2v) is 7.58. The van der Waals surface area contributed by atoms with Gasteiger partial charge in [-0.15, -0.1) is 11.3 Å². The summed E-state index contributed by atoms with van der Waals surface area (Å²) in [5, 5.41) is 3.96. The first-order valence-electron chi connectivity index (χ1n) is 9.80. The van der Waals surface area contributed by atoms with Crippen LogP contribution >= 0.6 is 11.3 Å². The van der Waals surface area contributed by atoms with Crippen LogP contribution in [0.3, 0.4) is 0 Å². The SMILES string of the molecule is CCOC(=O)c1cc(CC)sc1NC(=O)COC(=O)/C=C/c1cccc2cccnc12. The molecule has 0 saturated heterocycles. The van der Waals surface area contributed by atoms with Gasteiger partial charge in [-0.25, -0.2) is 9.59 Å². The zero-order chi connectivity index (χ0) is 22.2. The van der Waals surface area contributed by atoms with Crippen LogP contribution in [0.15, 0.2) is 48.7 Å². The second-order valence-electron chi connectivity index (χ2n) is 6.44. The molecule has 0 spiro atoms. The third-order valence-electron chi connectivity index (χ3n) is 4.29. The molecule has 1 N–H and O–H groups in total. The molecule has 0 bridgehead atoms. The van der Waals surface area contributed by atoms with E-state index in [0.29, 0.717) is 10.6 Å². The van der Waals surface area contributed by atoms with Crippen molar-refractivity contribution in [1.29, 1.82) is 0 Å². The molecule has 0 saturated carbocycles. The van der Waals surface area contributed by atoms with E-state index in [9.17, 15) is 14.4 Å². The van der Waals surface area contributed by atoms with Gasteiger partial charge in [0.2, 0.25) is 0 Å². The molecule has 2 heterocycles. The molecule has 0 atom stereocenters. The van der Waals surface area contributed by atoms with E-state index in [1.54, 1.807) is 25.3 Å². The number of nitrogens with zero attached hydrogens (tertiary/aromatic N) is 1. The van der Waals surface area contributed by atoms with Crippen LogP contribution in [0.25, 0.3) is 17.0 Å². The highest BCUT2D eigenvalue weighted by molar-refractivity contribution is 7.16. The van der Waals surface area contributed by atoms with E-state index in [-0.39, 0.29) is 6.61 Å². The van der Waals surface area contributed by atoms with E-state index in [2.05, 4.69) is 10.3 Å². The quantitative estimate of drug-likeness (QED) is 0.418. The van der Waals surface area contributed by atoms with Crippen LogP contribution in [0, 0.1) is 0 Å². The first kappa shape index (κ1) is 22.2. The summed E-state index contributed by atoms with van der Waals surface area (Å²) in [5.41, 5.74) is 1.83. The number of nitrogens with one attached hydrogen (secondary N) is 1. The summed E-state index contributed by atoms with van der Waals surface area (Å²) in [5.74, 6) is -1.70. The van der Waals surface area contributed by atoms with Gasteiger partial charge in [-0.2, -0.15) is 0 Å². The molecule has 0 aliphatic rings. The predicted octanol–water partition coefficient (Wildman–Crippen LogP) is 4.23. The normalized spacial score (nSPS) is 10.9. The first-order chi connectivity index (χ1) is 15.0. The van der Waals surface area contributed by atoms with Gasteiger partial charge in [-0.1, -0.05) is 31.2 Å². The van der Waals surface area contributed by atoms with Gasteiger partial charge in [0.25, 0.3) is 5.91 Å². The standard InChI is InChI=1S/C23H22N2O5S/c1-3-17-13-18(23(28)29-4-2)22(31-17)25-19(26)14-30-20(27)11-10-16-8-5-7-15-9-6-12-24-21(15)16/h5-13H,3-4,14H2,1-2H3,(H,25,26)/b11-10+. The van der Waals surface area contributed by atoms with E-state index >= 15 is 0 Å². The van der Waals surface area contributed by atoms with Crippen molar-refractivity contribution in [3.8, 4) is 0 Å². The molecule has 0 radical (unpaired) electrons. The Morgan fingerprint density at radius 3 is 2.71 bits per heavy atom. The summed E-state index contributed by atoms with van der Waals surface area (Å²) in [4.78, 5) is 41.6. The van der Waals surface area contributed by atoms with Crippen molar-refractivity contribution in [2.45, 2.75) is 20.3 Å². The molecule has 0 unspecified atom stereocenters. The van der Waals surface area contributed by atoms with Crippen molar-refractivity contribution < 1.29 is 23.9 Å². The lowest BCUT2D eigenvalue weighted by molar-refractivity contribution is -0.142. The number of hydrogen-bond acceptors (Lipinski definition) is 7. The highest BCUT2D eigenvalue weighted by atomic mass is 32.1. The van der Waals surface area contributed by atoms with Gasteiger partial charge in [-0.3, -0.25) is 9.78 Å². The average Bonchev–Trinajstić information content (AvgIpc) is 3.19. The second kappa shape index (κ2) is 10.5. The van der Waals surface area contributed by atoms with Gasteiger partial charge in [-0.05, 0) is 31.6 Å². The maximum Gasteiger partial charge on any atom is 0.341 e. The molecule has 3 aromatic rings. The maximum atomic E-state index is 12.2. The Bertz CT molecular complexity index is 1130. The van der Waals surface area contributed by atoms with E-state index in [0.717, 1.165) is 27.8 Å². The van der Waals surface area contributed by atoms with E-state index in [1.807, 2.05) is 37.3 Å². The Morgan fingerprint density at radius 2 is 1.94 bits per heavy atom. The highest BCUT2D eigenvalue weighted by Gasteiger charge is 2.19. The fourth-order valence-electron chi connectivity index (χ4n) is 2.84. The zero-order valence-electron chi connectivity index (χ0n) is 17.2. The number of aryl methyl sites for hydroxylation is 1. The number of ether oxygens (including phenoxy) is 2. The molecule has 0 aliphatic heterocycles. The van der Waals surface area contributed by atoms with Gasteiger partial charge in [0.15, 0.2) is 6.61 Å². The highest BCUT2D eigenvalue weighted by Crippen LogP contribution is 2.29. The molecular weight excluding hydrogens is 416 g/mol. The van der Waals surface area contributed by atoms with Gasteiger partial charge in [0.1, 0.15) is 5.00 Å². The van der Waals surface area contributed by atoms with Gasteiger partial charge in [0, 0.05) is 28.1 Å². The van der Waals surface area contributed by atoms with Crippen LogP contribution in [0.5, 0.6) is 0 Å².